The first kappa shape index (κ1) is 15.1. The summed E-state index contributed by atoms with van der Waals surface area (Å²) in [6.45, 7) is 4.74. The predicted octanol–water partition coefficient (Wildman–Crippen LogP) is 2.28. The van der Waals surface area contributed by atoms with Crippen LogP contribution in [0.2, 0.25) is 0 Å². The minimum atomic E-state index is -0.867. The van der Waals surface area contributed by atoms with Crippen LogP contribution in [0.3, 0.4) is 0 Å². The Balaban J connectivity index is 2.86. The number of hydrogen-bond donors (Lipinski definition) is 1. The first-order chi connectivity index (χ1) is 8.95. The normalized spacial score (nSPS) is 12.4. The van der Waals surface area contributed by atoms with Crippen LogP contribution >= 0.6 is 0 Å². The molecule has 0 heterocycles. The maximum Gasteiger partial charge on any atom is 0.304 e. The minimum Gasteiger partial charge on any atom is -0.481 e. The summed E-state index contributed by atoms with van der Waals surface area (Å²) in [5.74, 6) is -0.867. The van der Waals surface area contributed by atoms with Crippen molar-refractivity contribution in [2.24, 2.45) is 0 Å². The summed E-state index contributed by atoms with van der Waals surface area (Å²) in [5, 5.41) is 19.7. The van der Waals surface area contributed by atoms with Crippen LogP contribution in [0.25, 0.3) is 0 Å². The molecule has 1 unspecified atom stereocenters. The van der Waals surface area contributed by atoms with E-state index in [2.05, 4.69) is 0 Å². The van der Waals surface area contributed by atoms with Crippen molar-refractivity contribution in [2.75, 3.05) is 6.54 Å². The lowest BCUT2D eigenvalue weighted by Gasteiger charge is -2.26. The summed E-state index contributed by atoms with van der Waals surface area (Å²) >= 11 is 0. The zero-order chi connectivity index (χ0) is 14.4. The number of nitro groups is 1. The molecule has 19 heavy (non-hydrogen) atoms. The van der Waals surface area contributed by atoms with E-state index < -0.39 is 10.9 Å². The molecule has 1 N–H and O–H groups in total. The van der Waals surface area contributed by atoms with Crippen LogP contribution < -0.4 is 0 Å². The third-order valence-electron chi connectivity index (χ3n) is 3.06. The second kappa shape index (κ2) is 6.84. The molecule has 0 saturated carbocycles. The average molecular weight is 266 g/mol. The van der Waals surface area contributed by atoms with Crippen molar-refractivity contribution in [3.8, 4) is 0 Å². The first-order valence-electron chi connectivity index (χ1n) is 6.13. The molecule has 1 atom stereocenters. The molecule has 0 aliphatic carbocycles. The van der Waals surface area contributed by atoms with Crippen molar-refractivity contribution in [1.82, 2.24) is 4.90 Å². The fourth-order valence-electron chi connectivity index (χ4n) is 2.00. The van der Waals surface area contributed by atoms with Gasteiger partial charge in [-0.15, -0.1) is 0 Å². The van der Waals surface area contributed by atoms with Crippen molar-refractivity contribution in [3.63, 3.8) is 0 Å². The number of carbonyl (C=O) groups is 1. The van der Waals surface area contributed by atoms with Crippen LogP contribution in [0.15, 0.2) is 24.3 Å². The summed E-state index contributed by atoms with van der Waals surface area (Å²) in [6.07, 6.45) is 0.0223. The largest absolute Gasteiger partial charge is 0.481 e. The van der Waals surface area contributed by atoms with Gasteiger partial charge in [-0.2, -0.15) is 0 Å². The van der Waals surface area contributed by atoms with Gasteiger partial charge in [-0.1, -0.05) is 25.1 Å². The van der Waals surface area contributed by atoms with Gasteiger partial charge < -0.3 is 5.11 Å². The van der Waals surface area contributed by atoms with Gasteiger partial charge in [0.1, 0.15) is 0 Å². The van der Waals surface area contributed by atoms with Crippen molar-refractivity contribution in [2.45, 2.75) is 32.9 Å². The number of hydrogen-bond acceptors (Lipinski definition) is 4. The van der Waals surface area contributed by atoms with Crippen LogP contribution in [0.1, 0.15) is 25.8 Å². The highest BCUT2D eigenvalue weighted by Crippen LogP contribution is 2.20. The Morgan fingerprint density at radius 1 is 1.47 bits per heavy atom. The van der Waals surface area contributed by atoms with E-state index in [0.717, 1.165) is 0 Å². The fraction of sp³-hybridized carbons (Fsp3) is 0.462. The fourth-order valence-corrected chi connectivity index (χ4v) is 2.00. The number of nitro benzene ring substituents is 1. The third-order valence-corrected chi connectivity index (χ3v) is 3.06. The quantitative estimate of drug-likeness (QED) is 0.604. The Bertz CT molecular complexity index is 462. The van der Waals surface area contributed by atoms with Gasteiger partial charge in [-0.3, -0.25) is 19.8 Å². The number of carboxylic acid groups (broad SMARTS) is 1. The molecule has 6 nitrogen and oxygen atoms in total. The van der Waals surface area contributed by atoms with Gasteiger partial charge in [0.25, 0.3) is 5.69 Å². The SMILES string of the molecule is CCN(Cc1ccccc1[N+](=O)[O-])C(C)CC(=O)O. The molecular weight excluding hydrogens is 248 g/mol. The van der Waals surface area contributed by atoms with Gasteiger partial charge in [0.15, 0.2) is 0 Å². The summed E-state index contributed by atoms with van der Waals surface area (Å²) < 4.78 is 0. The van der Waals surface area contributed by atoms with Gasteiger partial charge >= 0.3 is 5.97 Å². The van der Waals surface area contributed by atoms with Crippen molar-refractivity contribution in [1.29, 1.82) is 0 Å². The predicted molar refractivity (Wildman–Crippen MR) is 70.9 cm³/mol. The van der Waals surface area contributed by atoms with Gasteiger partial charge in [-0.05, 0) is 13.5 Å². The van der Waals surface area contributed by atoms with Crippen molar-refractivity contribution in [3.05, 3.63) is 39.9 Å². The Morgan fingerprint density at radius 2 is 2.11 bits per heavy atom. The molecule has 0 spiro atoms. The molecule has 0 saturated heterocycles. The van der Waals surface area contributed by atoms with E-state index in [0.29, 0.717) is 18.7 Å². The summed E-state index contributed by atoms with van der Waals surface area (Å²) in [6, 6.07) is 6.37. The Labute approximate surface area is 111 Å². The van der Waals surface area contributed by atoms with Crippen molar-refractivity contribution >= 4 is 11.7 Å². The Morgan fingerprint density at radius 3 is 2.63 bits per heavy atom. The standard InChI is InChI=1S/C13H18N2O4/c1-3-14(10(2)8-13(16)17)9-11-6-4-5-7-12(11)15(18)19/h4-7,10H,3,8-9H2,1-2H3,(H,16,17). The second-order valence-corrected chi connectivity index (χ2v) is 4.40. The summed E-state index contributed by atoms with van der Waals surface area (Å²) in [5.41, 5.74) is 0.676. The van der Waals surface area contributed by atoms with E-state index in [4.69, 9.17) is 5.11 Å². The number of benzene rings is 1. The number of aliphatic carboxylic acids is 1. The van der Waals surface area contributed by atoms with Crippen LogP contribution in [0, 0.1) is 10.1 Å². The summed E-state index contributed by atoms with van der Waals surface area (Å²) in [4.78, 5) is 23.2. The smallest absolute Gasteiger partial charge is 0.304 e. The summed E-state index contributed by atoms with van der Waals surface area (Å²) in [7, 11) is 0. The number of rotatable bonds is 7. The molecule has 0 aliphatic rings. The molecule has 0 amide bonds. The molecule has 6 heteroatoms. The maximum atomic E-state index is 10.9. The van der Waals surface area contributed by atoms with E-state index in [9.17, 15) is 14.9 Å². The highest BCUT2D eigenvalue weighted by Gasteiger charge is 2.19. The molecule has 0 radical (unpaired) electrons. The lowest BCUT2D eigenvalue weighted by atomic mass is 10.1. The van der Waals surface area contributed by atoms with E-state index in [1.54, 1.807) is 18.2 Å². The number of nitrogens with zero attached hydrogens (tertiary/aromatic N) is 2. The van der Waals surface area contributed by atoms with Crippen LogP contribution in [0.5, 0.6) is 0 Å². The Hall–Kier alpha value is -1.95. The van der Waals surface area contributed by atoms with Crippen LogP contribution in [0.4, 0.5) is 5.69 Å². The molecule has 1 aromatic carbocycles. The van der Waals surface area contributed by atoms with Gasteiger partial charge in [0, 0.05) is 24.2 Å². The highest BCUT2D eigenvalue weighted by atomic mass is 16.6. The van der Waals surface area contributed by atoms with Crippen LogP contribution in [-0.4, -0.2) is 33.5 Å². The van der Waals surface area contributed by atoms with E-state index in [1.807, 2.05) is 18.7 Å². The molecule has 0 aliphatic heterocycles. The molecule has 104 valence electrons. The molecule has 0 fully saturated rings. The van der Waals surface area contributed by atoms with E-state index in [-0.39, 0.29) is 18.2 Å². The maximum absolute atomic E-state index is 10.9. The lowest BCUT2D eigenvalue weighted by molar-refractivity contribution is -0.385. The lowest BCUT2D eigenvalue weighted by Crippen LogP contribution is -2.34. The molecular formula is C13H18N2O4. The second-order valence-electron chi connectivity index (χ2n) is 4.40. The highest BCUT2D eigenvalue weighted by molar-refractivity contribution is 5.67. The monoisotopic (exact) mass is 266 g/mol. The third kappa shape index (κ3) is 4.33. The van der Waals surface area contributed by atoms with Gasteiger partial charge in [-0.25, -0.2) is 0 Å². The van der Waals surface area contributed by atoms with E-state index >= 15 is 0 Å². The van der Waals surface area contributed by atoms with Crippen LogP contribution in [-0.2, 0) is 11.3 Å². The first-order valence-corrected chi connectivity index (χ1v) is 6.13. The molecule has 0 aromatic heterocycles. The zero-order valence-corrected chi connectivity index (χ0v) is 11.1. The van der Waals surface area contributed by atoms with E-state index in [1.165, 1.54) is 6.07 Å². The number of para-hydroxylation sites is 1. The van der Waals surface area contributed by atoms with Crippen molar-refractivity contribution < 1.29 is 14.8 Å². The Kier molecular flexibility index (Phi) is 5.44. The van der Waals surface area contributed by atoms with Gasteiger partial charge in [0.05, 0.1) is 11.3 Å². The average Bonchev–Trinajstić information content (AvgIpc) is 2.35. The minimum absolute atomic E-state index is 0.0223. The molecule has 1 rings (SSSR count). The molecule has 1 aromatic rings. The number of carboxylic acids is 1. The zero-order valence-electron chi connectivity index (χ0n) is 11.1. The topological polar surface area (TPSA) is 83.7 Å². The molecule has 0 bridgehead atoms. The van der Waals surface area contributed by atoms with Gasteiger partial charge in [0.2, 0.25) is 0 Å².